The van der Waals surface area contributed by atoms with Gasteiger partial charge in [0.05, 0.1) is 10.0 Å². The van der Waals surface area contributed by atoms with Gasteiger partial charge in [0.1, 0.15) is 0 Å². The maximum absolute atomic E-state index is 11.0. The van der Waals surface area contributed by atoms with Gasteiger partial charge in [0.2, 0.25) is 0 Å². The number of hydrogen-bond donors (Lipinski definition) is 2. The number of hydrogen-bond acceptors (Lipinski definition) is 2. The molecule has 0 aliphatic heterocycles. The van der Waals surface area contributed by atoms with Crippen molar-refractivity contribution in [2.75, 3.05) is 5.32 Å². The van der Waals surface area contributed by atoms with Crippen molar-refractivity contribution >= 4 is 57.6 Å². The predicted molar refractivity (Wildman–Crippen MR) is 121 cm³/mol. The zero-order valence-corrected chi connectivity index (χ0v) is 17.7. The van der Waals surface area contributed by atoms with Gasteiger partial charge in [-0.15, -0.1) is 0 Å². The molecular formula is C22H19Cl2N2OS+. The Balaban J connectivity index is 2.07. The second-order valence-electron chi connectivity index (χ2n) is 6.36. The minimum Gasteiger partial charge on any atom is -0.502 e. The Hall–Kier alpha value is -2.40. The summed E-state index contributed by atoms with van der Waals surface area (Å²) in [6.45, 7) is 4.10. The van der Waals surface area contributed by atoms with E-state index >= 15 is 0 Å². The highest BCUT2D eigenvalue weighted by molar-refractivity contribution is 7.81. The molecule has 1 heterocycles. The lowest BCUT2D eigenvalue weighted by molar-refractivity contribution is -0.575. The minimum atomic E-state index is -0.00361. The number of aliphatic hydroxyl groups excluding tert-OH is 1. The topological polar surface area (TPSA) is 36.1 Å². The van der Waals surface area contributed by atoms with Crippen molar-refractivity contribution in [3.05, 3.63) is 93.7 Å². The van der Waals surface area contributed by atoms with E-state index in [1.54, 1.807) is 22.8 Å². The van der Waals surface area contributed by atoms with E-state index in [9.17, 15) is 5.11 Å². The molecule has 0 saturated heterocycles. The number of rotatable bonds is 4. The lowest BCUT2D eigenvalue weighted by atomic mass is 10.1. The van der Waals surface area contributed by atoms with Crippen LogP contribution in [0.25, 0.3) is 11.5 Å². The summed E-state index contributed by atoms with van der Waals surface area (Å²) in [7, 11) is 0. The van der Waals surface area contributed by atoms with Crippen LogP contribution in [0.2, 0.25) is 10.0 Å². The van der Waals surface area contributed by atoms with Crippen molar-refractivity contribution < 1.29 is 9.67 Å². The van der Waals surface area contributed by atoms with E-state index in [0.717, 1.165) is 11.3 Å². The molecule has 3 aromatic rings. The van der Waals surface area contributed by atoms with Crippen molar-refractivity contribution in [1.82, 2.24) is 0 Å². The van der Waals surface area contributed by atoms with Gasteiger partial charge in [0.25, 0.3) is 5.70 Å². The van der Waals surface area contributed by atoms with Gasteiger partial charge in [0.15, 0.2) is 23.1 Å². The molecule has 0 aliphatic rings. The van der Waals surface area contributed by atoms with Gasteiger partial charge in [-0.05, 0) is 55.3 Å². The summed E-state index contributed by atoms with van der Waals surface area (Å²) in [6, 6.07) is 16.6. The van der Waals surface area contributed by atoms with E-state index in [-0.39, 0.29) is 5.76 Å². The van der Waals surface area contributed by atoms with Crippen LogP contribution in [0.3, 0.4) is 0 Å². The molecule has 0 unspecified atom stereocenters. The molecule has 0 atom stereocenters. The van der Waals surface area contributed by atoms with Gasteiger partial charge in [-0.1, -0.05) is 47.6 Å². The van der Waals surface area contributed by atoms with Gasteiger partial charge in [-0.2, -0.15) is 4.57 Å². The second kappa shape index (κ2) is 8.74. The lowest BCUT2D eigenvalue weighted by Crippen LogP contribution is -2.38. The summed E-state index contributed by atoms with van der Waals surface area (Å²) in [5.74, 6) is -0.00361. The number of thiocarbonyl (C=S) groups is 1. The summed E-state index contributed by atoms with van der Waals surface area (Å²) in [5.41, 5.74) is 4.16. The number of aliphatic hydroxyl groups is 1. The molecule has 2 aromatic carbocycles. The zero-order chi connectivity index (χ0) is 20.3. The van der Waals surface area contributed by atoms with Gasteiger partial charge in [-0.25, -0.2) is 0 Å². The summed E-state index contributed by atoms with van der Waals surface area (Å²) in [4.78, 5) is 0.378. The van der Waals surface area contributed by atoms with Crippen molar-refractivity contribution in [1.29, 1.82) is 0 Å². The van der Waals surface area contributed by atoms with Crippen LogP contribution in [0.5, 0.6) is 0 Å². The first kappa shape index (κ1) is 20.3. The summed E-state index contributed by atoms with van der Waals surface area (Å²) >= 11 is 17.8. The first-order chi connectivity index (χ1) is 13.4. The summed E-state index contributed by atoms with van der Waals surface area (Å²) in [5, 5.41) is 15.0. The van der Waals surface area contributed by atoms with E-state index in [2.05, 4.69) is 12.2 Å². The molecule has 0 aliphatic carbocycles. The zero-order valence-electron chi connectivity index (χ0n) is 15.4. The Kier molecular flexibility index (Phi) is 6.35. The number of nitrogens with one attached hydrogen (secondary N) is 1. The van der Waals surface area contributed by atoms with E-state index in [4.69, 9.17) is 35.4 Å². The van der Waals surface area contributed by atoms with Crippen LogP contribution >= 0.6 is 35.4 Å². The van der Waals surface area contributed by atoms with Crippen LogP contribution in [0.15, 0.2) is 67.0 Å². The molecule has 0 bridgehead atoms. The van der Waals surface area contributed by atoms with Crippen LogP contribution in [-0.2, 0) is 0 Å². The standard InChI is InChI=1S/C22H18Cl2N2OS/c1-14-6-8-17(12-15(14)2)25-22(28)20(26-10-4-3-5-11-26)21(27)16-7-9-18(23)19(24)13-16/h3-13H,1-2H3,(H-,25,27,28)/p+1. The molecule has 28 heavy (non-hydrogen) atoms. The highest BCUT2D eigenvalue weighted by atomic mass is 35.5. The van der Waals surface area contributed by atoms with Crippen molar-refractivity contribution in [2.24, 2.45) is 0 Å². The SMILES string of the molecule is Cc1ccc(NC(=S)/C(=C(\O)c2ccc(Cl)c(Cl)c2)[n+]2ccccc2)cc1C. The fourth-order valence-electron chi connectivity index (χ4n) is 2.68. The molecule has 142 valence electrons. The molecule has 3 nitrogen and oxygen atoms in total. The Labute approximate surface area is 179 Å². The largest absolute Gasteiger partial charge is 0.502 e. The predicted octanol–water partition coefficient (Wildman–Crippen LogP) is 6.22. The van der Waals surface area contributed by atoms with Crippen LogP contribution in [-0.4, -0.2) is 10.1 Å². The Bertz CT molecular complexity index is 1070. The average molecular weight is 430 g/mol. The molecule has 0 spiro atoms. The van der Waals surface area contributed by atoms with E-state index in [1.165, 1.54) is 5.56 Å². The maximum Gasteiger partial charge on any atom is 0.288 e. The van der Waals surface area contributed by atoms with E-state index < -0.39 is 0 Å². The quantitative estimate of drug-likeness (QED) is 0.223. The van der Waals surface area contributed by atoms with Crippen molar-refractivity contribution in [3.8, 4) is 0 Å². The van der Waals surface area contributed by atoms with Gasteiger partial charge < -0.3 is 10.4 Å². The number of halogens is 2. The van der Waals surface area contributed by atoms with Crippen LogP contribution in [0.4, 0.5) is 5.69 Å². The van der Waals surface area contributed by atoms with Crippen LogP contribution in [0.1, 0.15) is 16.7 Å². The Morgan fingerprint density at radius 3 is 2.29 bits per heavy atom. The highest BCUT2D eigenvalue weighted by Gasteiger charge is 2.24. The molecule has 1 aromatic heterocycles. The third kappa shape index (κ3) is 4.53. The van der Waals surface area contributed by atoms with Gasteiger partial charge in [-0.3, -0.25) is 0 Å². The molecule has 0 saturated carbocycles. The molecule has 3 rings (SSSR count). The van der Waals surface area contributed by atoms with Crippen molar-refractivity contribution in [3.63, 3.8) is 0 Å². The van der Waals surface area contributed by atoms with Crippen LogP contribution in [0, 0.1) is 13.8 Å². The fourth-order valence-corrected chi connectivity index (χ4v) is 3.30. The minimum absolute atomic E-state index is 0.00361. The number of aromatic nitrogens is 1. The number of benzene rings is 2. The number of anilines is 1. The number of pyridine rings is 1. The molecular weight excluding hydrogens is 411 g/mol. The third-order valence-corrected chi connectivity index (χ3v) is 5.41. The number of nitrogens with zero attached hydrogens (tertiary/aromatic N) is 1. The normalized spacial score (nSPS) is 11.7. The molecule has 2 N–H and O–H groups in total. The first-order valence-electron chi connectivity index (χ1n) is 8.61. The Morgan fingerprint density at radius 2 is 1.64 bits per heavy atom. The molecule has 0 amide bonds. The Morgan fingerprint density at radius 1 is 0.929 bits per heavy atom. The van der Waals surface area contributed by atoms with Crippen LogP contribution < -0.4 is 9.88 Å². The van der Waals surface area contributed by atoms with Gasteiger partial charge >= 0.3 is 0 Å². The molecule has 6 heteroatoms. The highest BCUT2D eigenvalue weighted by Crippen LogP contribution is 2.27. The fraction of sp³-hybridized carbons (Fsp3) is 0.0909. The first-order valence-corrected chi connectivity index (χ1v) is 9.77. The van der Waals surface area contributed by atoms with Gasteiger partial charge in [0, 0.05) is 23.4 Å². The second-order valence-corrected chi connectivity index (χ2v) is 7.58. The van der Waals surface area contributed by atoms with E-state index in [1.807, 2.05) is 55.7 Å². The number of aryl methyl sites for hydroxylation is 2. The maximum atomic E-state index is 11.0. The smallest absolute Gasteiger partial charge is 0.288 e. The summed E-state index contributed by atoms with van der Waals surface area (Å²) in [6.07, 6.45) is 3.63. The molecule has 0 fully saturated rings. The monoisotopic (exact) mass is 429 g/mol. The lowest BCUT2D eigenvalue weighted by Gasteiger charge is -2.11. The van der Waals surface area contributed by atoms with Crippen molar-refractivity contribution in [2.45, 2.75) is 13.8 Å². The summed E-state index contributed by atoms with van der Waals surface area (Å²) < 4.78 is 1.76. The molecule has 0 radical (unpaired) electrons. The van der Waals surface area contributed by atoms with E-state index in [0.29, 0.717) is 26.3 Å². The average Bonchev–Trinajstić information content (AvgIpc) is 2.68. The third-order valence-electron chi connectivity index (χ3n) is 4.37.